The number of nitrogens with zero attached hydrogens (tertiary/aromatic N) is 1. The number of nitrogens with two attached hydrogens (primary N) is 1. The summed E-state index contributed by atoms with van der Waals surface area (Å²) in [7, 11) is 0. The molecule has 0 fully saturated rings. The van der Waals surface area contributed by atoms with Gasteiger partial charge in [0.25, 0.3) is 0 Å². The van der Waals surface area contributed by atoms with Crippen molar-refractivity contribution >= 4 is 45.5 Å². The minimum Gasteiger partial charge on any atom is -0.397 e. The molecular weight excluding hydrogens is 307 g/mol. The van der Waals surface area contributed by atoms with Gasteiger partial charge in [0.2, 0.25) is 0 Å². The van der Waals surface area contributed by atoms with Gasteiger partial charge in [-0.2, -0.15) is 5.10 Å². The molecule has 108 valence electrons. The number of nitrogen functional groups attached to an aromatic ring is 1. The van der Waals surface area contributed by atoms with Crippen LogP contribution < -0.4 is 11.1 Å². The van der Waals surface area contributed by atoms with Crippen LogP contribution in [-0.4, -0.2) is 10.2 Å². The van der Waals surface area contributed by atoms with Gasteiger partial charge in [-0.1, -0.05) is 29.3 Å². The van der Waals surface area contributed by atoms with Crippen LogP contribution in [0.2, 0.25) is 10.0 Å². The zero-order valence-electron chi connectivity index (χ0n) is 11.3. The maximum absolute atomic E-state index is 6.24. The van der Waals surface area contributed by atoms with Gasteiger partial charge in [-0.15, -0.1) is 0 Å². The van der Waals surface area contributed by atoms with Crippen molar-refractivity contribution in [2.24, 2.45) is 0 Å². The first-order chi connectivity index (χ1) is 10.0. The van der Waals surface area contributed by atoms with Gasteiger partial charge in [-0.3, -0.25) is 5.10 Å². The van der Waals surface area contributed by atoms with Crippen LogP contribution in [0.3, 0.4) is 0 Å². The third-order valence-corrected chi connectivity index (χ3v) is 3.97. The second-order valence-corrected chi connectivity index (χ2v) is 5.77. The molecule has 4 nitrogen and oxygen atoms in total. The Bertz CT molecular complexity index is 797. The molecule has 0 aliphatic heterocycles. The van der Waals surface area contributed by atoms with Crippen molar-refractivity contribution < 1.29 is 0 Å². The zero-order valence-corrected chi connectivity index (χ0v) is 12.8. The molecular formula is C15H14Cl2N4. The SMILES string of the molecule is CC(Nc1cc2[nH]ncc2cc1N)c1ccc(Cl)cc1Cl. The van der Waals surface area contributed by atoms with Gasteiger partial charge in [-0.25, -0.2) is 0 Å². The third kappa shape index (κ3) is 2.77. The molecule has 0 saturated heterocycles. The summed E-state index contributed by atoms with van der Waals surface area (Å²) < 4.78 is 0. The lowest BCUT2D eigenvalue weighted by Gasteiger charge is -2.18. The fourth-order valence-corrected chi connectivity index (χ4v) is 2.87. The summed E-state index contributed by atoms with van der Waals surface area (Å²) in [6.07, 6.45) is 1.75. The van der Waals surface area contributed by atoms with Gasteiger partial charge in [0.15, 0.2) is 0 Å². The summed E-state index contributed by atoms with van der Waals surface area (Å²) in [4.78, 5) is 0. The molecule has 3 aromatic rings. The number of anilines is 2. The molecule has 0 radical (unpaired) electrons. The van der Waals surface area contributed by atoms with E-state index in [2.05, 4.69) is 15.5 Å². The Morgan fingerprint density at radius 1 is 1.24 bits per heavy atom. The van der Waals surface area contributed by atoms with Crippen LogP contribution in [0.4, 0.5) is 11.4 Å². The summed E-state index contributed by atoms with van der Waals surface area (Å²) in [6.45, 7) is 2.02. The molecule has 1 heterocycles. The highest BCUT2D eigenvalue weighted by atomic mass is 35.5. The van der Waals surface area contributed by atoms with E-state index in [0.29, 0.717) is 15.7 Å². The highest BCUT2D eigenvalue weighted by molar-refractivity contribution is 6.35. The van der Waals surface area contributed by atoms with E-state index in [1.807, 2.05) is 31.2 Å². The zero-order chi connectivity index (χ0) is 15.0. The quantitative estimate of drug-likeness (QED) is 0.616. The van der Waals surface area contributed by atoms with E-state index >= 15 is 0 Å². The number of fused-ring (bicyclic) bond motifs is 1. The topological polar surface area (TPSA) is 66.7 Å². The molecule has 6 heteroatoms. The minimum absolute atomic E-state index is 0.00237. The van der Waals surface area contributed by atoms with Crippen LogP contribution >= 0.6 is 23.2 Å². The van der Waals surface area contributed by atoms with Crippen LogP contribution in [-0.2, 0) is 0 Å². The van der Waals surface area contributed by atoms with E-state index in [1.165, 1.54) is 0 Å². The van der Waals surface area contributed by atoms with Crippen LogP contribution in [0, 0.1) is 0 Å². The molecule has 0 aliphatic carbocycles. The van der Waals surface area contributed by atoms with E-state index < -0.39 is 0 Å². The number of H-pyrrole nitrogens is 1. The second-order valence-electron chi connectivity index (χ2n) is 4.93. The smallest absolute Gasteiger partial charge is 0.0672 e. The molecule has 1 atom stereocenters. The first kappa shape index (κ1) is 14.0. The predicted octanol–water partition coefficient (Wildman–Crippen LogP) is 4.63. The molecule has 2 aromatic carbocycles. The largest absolute Gasteiger partial charge is 0.397 e. The van der Waals surface area contributed by atoms with Crippen molar-refractivity contribution in [2.45, 2.75) is 13.0 Å². The van der Waals surface area contributed by atoms with Crippen molar-refractivity contribution in [1.82, 2.24) is 10.2 Å². The average molecular weight is 321 g/mol. The Morgan fingerprint density at radius 2 is 2.05 bits per heavy atom. The fourth-order valence-electron chi connectivity index (χ4n) is 2.30. The molecule has 0 amide bonds. The first-order valence-electron chi connectivity index (χ1n) is 6.48. The number of hydrogen-bond donors (Lipinski definition) is 3. The Hall–Kier alpha value is -1.91. The van der Waals surface area contributed by atoms with Crippen molar-refractivity contribution in [2.75, 3.05) is 11.1 Å². The number of halogens is 2. The lowest BCUT2D eigenvalue weighted by molar-refractivity contribution is 0.886. The van der Waals surface area contributed by atoms with Crippen molar-refractivity contribution in [1.29, 1.82) is 0 Å². The summed E-state index contributed by atoms with van der Waals surface area (Å²) in [5.74, 6) is 0. The summed E-state index contributed by atoms with van der Waals surface area (Å²) >= 11 is 12.2. The van der Waals surface area contributed by atoms with E-state index in [1.54, 1.807) is 12.3 Å². The third-order valence-electron chi connectivity index (χ3n) is 3.41. The van der Waals surface area contributed by atoms with E-state index in [-0.39, 0.29) is 6.04 Å². The summed E-state index contributed by atoms with van der Waals surface area (Å²) in [6, 6.07) is 9.29. The lowest BCUT2D eigenvalue weighted by atomic mass is 10.1. The Balaban J connectivity index is 1.91. The Kier molecular flexibility index (Phi) is 3.66. The minimum atomic E-state index is -0.00237. The fraction of sp³-hybridized carbons (Fsp3) is 0.133. The molecule has 0 spiro atoms. The molecule has 0 aliphatic rings. The Labute approximate surface area is 132 Å². The molecule has 0 bridgehead atoms. The maximum Gasteiger partial charge on any atom is 0.0672 e. The number of nitrogens with one attached hydrogen (secondary N) is 2. The van der Waals surface area contributed by atoms with Crippen LogP contribution in [0.15, 0.2) is 36.5 Å². The molecule has 21 heavy (non-hydrogen) atoms. The van der Waals surface area contributed by atoms with Gasteiger partial charge in [0, 0.05) is 15.4 Å². The lowest BCUT2D eigenvalue weighted by Crippen LogP contribution is -2.09. The monoisotopic (exact) mass is 320 g/mol. The van der Waals surface area contributed by atoms with Gasteiger partial charge in [0.1, 0.15) is 0 Å². The van der Waals surface area contributed by atoms with Crippen molar-refractivity contribution in [3.05, 3.63) is 52.1 Å². The van der Waals surface area contributed by atoms with Gasteiger partial charge in [0.05, 0.1) is 29.1 Å². The predicted molar refractivity (Wildman–Crippen MR) is 89.0 cm³/mol. The van der Waals surface area contributed by atoms with E-state index in [4.69, 9.17) is 28.9 Å². The summed E-state index contributed by atoms with van der Waals surface area (Å²) in [5.41, 5.74) is 9.48. The average Bonchev–Trinajstić information content (AvgIpc) is 2.86. The normalized spacial score (nSPS) is 12.5. The number of aromatic nitrogens is 2. The number of aromatic amines is 1. The van der Waals surface area contributed by atoms with Crippen LogP contribution in [0.5, 0.6) is 0 Å². The molecule has 4 N–H and O–H groups in total. The molecule has 3 rings (SSSR count). The number of rotatable bonds is 3. The Morgan fingerprint density at radius 3 is 2.81 bits per heavy atom. The number of hydrogen-bond acceptors (Lipinski definition) is 3. The molecule has 0 saturated carbocycles. The van der Waals surface area contributed by atoms with E-state index in [0.717, 1.165) is 22.2 Å². The van der Waals surface area contributed by atoms with Crippen LogP contribution in [0.1, 0.15) is 18.5 Å². The van der Waals surface area contributed by atoms with Gasteiger partial charge < -0.3 is 11.1 Å². The maximum atomic E-state index is 6.24. The van der Waals surface area contributed by atoms with Gasteiger partial charge >= 0.3 is 0 Å². The first-order valence-corrected chi connectivity index (χ1v) is 7.24. The second kappa shape index (κ2) is 5.47. The van der Waals surface area contributed by atoms with Crippen LogP contribution in [0.25, 0.3) is 10.9 Å². The van der Waals surface area contributed by atoms with E-state index in [9.17, 15) is 0 Å². The van der Waals surface area contributed by atoms with Crippen molar-refractivity contribution in [3.8, 4) is 0 Å². The molecule has 1 aromatic heterocycles. The molecule has 1 unspecified atom stereocenters. The highest BCUT2D eigenvalue weighted by Gasteiger charge is 2.12. The van der Waals surface area contributed by atoms with Gasteiger partial charge in [-0.05, 0) is 36.8 Å². The van der Waals surface area contributed by atoms with Crippen molar-refractivity contribution in [3.63, 3.8) is 0 Å². The highest BCUT2D eigenvalue weighted by Crippen LogP contribution is 2.31. The number of benzene rings is 2. The summed E-state index contributed by atoms with van der Waals surface area (Å²) in [5, 5.41) is 12.5. The standard InChI is InChI=1S/C15H14Cl2N4/c1-8(11-3-2-10(16)5-12(11)17)20-15-6-14-9(4-13(15)18)7-19-21-14/h2-8,20H,18H2,1H3,(H,19,21).